The topological polar surface area (TPSA) is 17.1 Å². The summed E-state index contributed by atoms with van der Waals surface area (Å²) in [5, 5.41) is 0. The normalized spacial score (nSPS) is 55.0. The van der Waals surface area contributed by atoms with Gasteiger partial charge in [0.15, 0.2) is 0 Å². The first kappa shape index (κ1) is 14.3. The molecule has 6 atom stereocenters. The predicted molar refractivity (Wildman–Crippen MR) is 85.9 cm³/mol. The molecule has 0 unspecified atom stereocenters. The van der Waals surface area contributed by atoms with E-state index in [2.05, 4.69) is 27.7 Å². The Kier molecular flexibility index (Phi) is 2.82. The van der Waals surface area contributed by atoms with Crippen molar-refractivity contribution in [3.05, 3.63) is 0 Å². The van der Waals surface area contributed by atoms with E-state index in [1.54, 1.807) is 0 Å². The van der Waals surface area contributed by atoms with Gasteiger partial charge in [-0.2, -0.15) is 0 Å². The minimum atomic E-state index is -0.0737. The largest absolute Gasteiger partial charge is 0.299 e. The molecule has 4 rings (SSSR count). The summed E-state index contributed by atoms with van der Waals surface area (Å²) in [6.45, 7) is 9.57. The van der Waals surface area contributed by atoms with Gasteiger partial charge in [-0.3, -0.25) is 4.79 Å². The molecule has 0 aromatic carbocycles. The molecule has 0 heterocycles. The van der Waals surface area contributed by atoms with Crippen LogP contribution in [0.15, 0.2) is 0 Å². The van der Waals surface area contributed by atoms with Gasteiger partial charge < -0.3 is 0 Å². The van der Waals surface area contributed by atoms with Crippen molar-refractivity contribution in [3.63, 3.8) is 0 Å². The molecule has 118 valence electrons. The van der Waals surface area contributed by atoms with Crippen molar-refractivity contribution in [2.24, 2.45) is 39.9 Å². The minimum Gasteiger partial charge on any atom is -0.299 e. The van der Waals surface area contributed by atoms with Crippen LogP contribution in [0.3, 0.4) is 0 Å². The van der Waals surface area contributed by atoms with E-state index in [1.807, 2.05) is 0 Å². The first-order valence-electron chi connectivity index (χ1n) is 9.33. The lowest BCUT2D eigenvalue weighted by Gasteiger charge is -2.63. The Hall–Kier alpha value is -0.330. The zero-order chi connectivity index (χ0) is 15.0. The van der Waals surface area contributed by atoms with Gasteiger partial charge >= 0.3 is 0 Å². The number of hydrogen-bond acceptors (Lipinski definition) is 1. The molecule has 0 amide bonds. The van der Waals surface area contributed by atoms with Crippen molar-refractivity contribution in [1.82, 2.24) is 0 Å². The molecular weight excluding hydrogens is 256 g/mol. The molecule has 21 heavy (non-hydrogen) atoms. The highest BCUT2D eigenvalue weighted by molar-refractivity contribution is 5.85. The van der Waals surface area contributed by atoms with Crippen LogP contribution in [0.1, 0.15) is 79.1 Å². The molecule has 4 aliphatic carbocycles. The van der Waals surface area contributed by atoms with E-state index in [4.69, 9.17) is 0 Å². The van der Waals surface area contributed by atoms with E-state index in [1.165, 1.54) is 44.9 Å². The molecule has 0 aromatic rings. The quantitative estimate of drug-likeness (QED) is 0.596. The fourth-order valence-corrected chi connectivity index (χ4v) is 7.82. The lowest BCUT2D eigenvalue weighted by molar-refractivity contribution is -0.165. The van der Waals surface area contributed by atoms with Crippen LogP contribution in [0.5, 0.6) is 0 Å². The molecule has 4 aliphatic rings. The highest BCUT2D eigenvalue weighted by Crippen LogP contribution is 2.71. The summed E-state index contributed by atoms with van der Waals surface area (Å²) in [5.74, 6) is 4.04. The fraction of sp³-hybridized carbons (Fsp3) is 0.950. The van der Waals surface area contributed by atoms with Crippen LogP contribution in [-0.4, -0.2) is 5.78 Å². The molecule has 0 saturated heterocycles. The third-order valence-electron chi connectivity index (χ3n) is 8.77. The molecule has 1 nitrogen and oxygen atoms in total. The SMILES string of the molecule is C[C@@H]1C[C@]23CC[C@H]4C(C)(C)C(=O)CC[C@]4(C)[C@H]2CC[C@H]1C3. The third-order valence-corrected chi connectivity index (χ3v) is 8.77. The summed E-state index contributed by atoms with van der Waals surface area (Å²) in [6.07, 6.45) is 10.6. The Labute approximate surface area is 130 Å². The molecule has 2 bridgehead atoms. The van der Waals surface area contributed by atoms with Gasteiger partial charge in [0.2, 0.25) is 0 Å². The predicted octanol–water partition coefficient (Wildman–Crippen LogP) is 5.23. The molecular formula is C20H32O. The van der Waals surface area contributed by atoms with Gasteiger partial charge in [-0.15, -0.1) is 0 Å². The first-order chi connectivity index (χ1) is 9.80. The fourth-order valence-electron chi connectivity index (χ4n) is 7.82. The van der Waals surface area contributed by atoms with Crippen LogP contribution in [0, 0.1) is 39.9 Å². The van der Waals surface area contributed by atoms with E-state index >= 15 is 0 Å². The molecule has 4 saturated carbocycles. The smallest absolute Gasteiger partial charge is 0.138 e. The summed E-state index contributed by atoms with van der Waals surface area (Å²) < 4.78 is 0. The van der Waals surface area contributed by atoms with Gasteiger partial charge in [0.25, 0.3) is 0 Å². The van der Waals surface area contributed by atoms with Gasteiger partial charge in [0.1, 0.15) is 5.78 Å². The average Bonchev–Trinajstić information content (AvgIpc) is 2.65. The molecule has 4 fully saturated rings. The summed E-state index contributed by atoms with van der Waals surface area (Å²) in [5.41, 5.74) is 1.02. The second-order valence-electron chi connectivity index (χ2n) is 9.88. The zero-order valence-corrected chi connectivity index (χ0v) is 14.4. The van der Waals surface area contributed by atoms with Crippen LogP contribution < -0.4 is 0 Å². The van der Waals surface area contributed by atoms with E-state index < -0.39 is 0 Å². The van der Waals surface area contributed by atoms with Crippen LogP contribution in [-0.2, 0) is 4.79 Å². The van der Waals surface area contributed by atoms with E-state index in [0.29, 0.717) is 22.5 Å². The van der Waals surface area contributed by atoms with Crippen LogP contribution in [0.2, 0.25) is 0 Å². The maximum atomic E-state index is 12.5. The van der Waals surface area contributed by atoms with Crippen LogP contribution in [0.4, 0.5) is 0 Å². The molecule has 1 spiro atoms. The Morgan fingerprint density at radius 1 is 0.952 bits per heavy atom. The van der Waals surface area contributed by atoms with E-state index in [-0.39, 0.29) is 5.41 Å². The zero-order valence-electron chi connectivity index (χ0n) is 14.4. The molecule has 1 heteroatoms. The molecule has 0 aliphatic heterocycles. The Morgan fingerprint density at radius 3 is 2.48 bits per heavy atom. The molecule has 0 radical (unpaired) electrons. The number of hydrogen-bond donors (Lipinski definition) is 0. The van der Waals surface area contributed by atoms with Crippen molar-refractivity contribution in [3.8, 4) is 0 Å². The van der Waals surface area contributed by atoms with Crippen molar-refractivity contribution < 1.29 is 4.79 Å². The van der Waals surface area contributed by atoms with E-state index in [9.17, 15) is 4.79 Å². The van der Waals surface area contributed by atoms with Gasteiger partial charge in [0, 0.05) is 11.8 Å². The molecule has 0 aromatic heterocycles. The second kappa shape index (κ2) is 4.15. The maximum absolute atomic E-state index is 12.5. The average molecular weight is 288 g/mol. The highest BCUT2D eigenvalue weighted by Gasteiger charge is 2.64. The summed E-state index contributed by atoms with van der Waals surface area (Å²) in [7, 11) is 0. The number of ketones is 1. The van der Waals surface area contributed by atoms with Gasteiger partial charge in [0.05, 0.1) is 0 Å². The van der Waals surface area contributed by atoms with Crippen molar-refractivity contribution >= 4 is 5.78 Å². The number of carbonyl (C=O) groups is 1. The standard InChI is InChI=1S/C20H32O/c1-13-11-20-10-7-15-18(2,3)17(21)8-9-19(15,4)16(20)6-5-14(13)12-20/h13-16H,5-12H2,1-4H3/t13-,14+,15+,16-,19+,20+/m1/s1. The summed E-state index contributed by atoms with van der Waals surface area (Å²) in [6, 6.07) is 0. The van der Waals surface area contributed by atoms with Crippen LogP contribution in [0.25, 0.3) is 0 Å². The minimum absolute atomic E-state index is 0.0737. The summed E-state index contributed by atoms with van der Waals surface area (Å²) >= 11 is 0. The number of Topliss-reactive ketones (excluding diaryl/α,β-unsaturated/α-hetero) is 1. The number of carbonyl (C=O) groups excluding carboxylic acids is 1. The van der Waals surface area contributed by atoms with Crippen molar-refractivity contribution in [1.29, 1.82) is 0 Å². The van der Waals surface area contributed by atoms with E-state index in [0.717, 1.165) is 24.2 Å². The van der Waals surface area contributed by atoms with Crippen molar-refractivity contribution in [2.75, 3.05) is 0 Å². The molecule has 0 N–H and O–H groups in total. The number of rotatable bonds is 0. The highest BCUT2D eigenvalue weighted by atomic mass is 16.1. The Balaban J connectivity index is 1.74. The monoisotopic (exact) mass is 288 g/mol. The Bertz CT molecular complexity index is 474. The lowest BCUT2D eigenvalue weighted by atomic mass is 9.41. The van der Waals surface area contributed by atoms with Crippen molar-refractivity contribution in [2.45, 2.75) is 79.1 Å². The Morgan fingerprint density at radius 2 is 1.71 bits per heavy atom. The summed E-state index contributed by atoms with van der Waals surface area (Å²) in [4.78, 5) is 12.5. The third kappa shape index (κ3) is 1.67. The van der Waals surface area contributed by atoms with Gasteiger partial charge in [-0.25, -0.2) is 0 Å². The van der Waals surface area contributed by atoms with Crippen LogP contribution >= 0.6 is 0 Å². The first-order valence-corrected chi connectivity index (χ1v) is 9.33. The van der Waals surface area contributed by atoms with Gasteiger partial charge in [-0.05, 0) is 79.4 Å². The second-order valence-corrected chi connectivity index (χ2v) is 9.88. The maximum Gasteiger partial charge on any atom is 0.138 e. The number of fused-ring (bicyclic) bond motifs is 3. The lowest BCUT2D eigenvalue weighted by Crippen LogP contribution is -2.58. The van der Waals surface area contributed by atoms with Gasteiger partial charge in [-0.1, -0.05) is 27.7 Å².